The molecule has 7 nitrogen and oxygen atoms in total. The molecule has 1 unspecified atom stereocenters. The minimum Gasteiger partial charge on any atom is -0.490 e. The van der Waals surface area contributed by atoms with Crippen molar-refractivity contribution in [3.63, 3.8) is 0 Å². The molecule has 0 saturated heterocycles. The highest BCUT2D eigenvalue weighted by Gasteiger charge is 2.21. The van der Waals surface area contributed by atoms with Gasteiger partial charge in [-0.25, -0.2) is 24.2 Å². The van der Waals surface area contributed by atoms with E-state index in [0.29, 0.717) is 18.6 Å². The largest absolute Gasteiger partial charge is 0.490 e. The Morgan fingerprint density at radius 2 is 1.30 bits per heavy atom. The van der Waals surface area contributed by atoms with Gasteiger partial charge in [-0.1, -0.05) is 90.1 Å². The molecule has 0 amide bonds. The van der Waals surface area contributed by atoms with Crippen LogP contribution < -0.4 is 9.47 Å². The summed E-state index contributed by atoms with van der Waals surface area (Å²) in [6, 6.07) is 21.0. The molecule has 0 aliphatic heterocycles. The molecule has 3 aromatic carbocycles. The molecule has 0 fully saturated rings. The molecule has 0 spiro atoms. The van der Waals surface area contributed by atoms with Crippen LogP contribution in [0.5, 0.6) is 11.5 Å². The van der Waals surface area contributed by atoms with Crippen molar-refractivity contribution in [2.75, 3.05) is 0 Å². The van der Waals surface area contributed by atoms with Crippen LogP contribution >= 0.6 is 0 Å². The zero-order valence-corrected chi connectivity index (χ0v) is 26.5. The fourth-order valence-electron chi connectivity index (χ4n) is 5.02. The van der Waals surface area contributed by atoms with Gasteiger partial charge in [0.15, 0.2) is 0 Å². The summed E-state index contributed by atoms with van der Waals surface area (Å²) in [6.45, 7) is 8.25. The van der Waals surface area contributed by atoms with Crippen LogP contribution in [0.2, 0.25) is 0 Å². The van der Waals surface area contributed by atoms with Crippen LogP contribution in [-0.4, -0.2) is 24.0 Å². The maximum absolute atomic E-state index is 13.0. The fourth-order valence-corrected chi connectivity index (χ4v) is 5.02. The van der Waals surface area contributed by atoms with Gasteiger partial charge in [0.1, 0.15) is 11.5 Å². The maximum atomic E-state index is 13.0. The Labute approximate surface area is 261 Å². The minimum atomic E-state index is -0.820. The average molecular weight is 603 g/mol. The van der Waals surface area contributed by atoms with E-state index in [1.165, 1.54) is 49.9 Å². The molecule has 236 valence electrons. The molecule has 7 heteroatoms. The Kier molecular flexibility index (Phi) is 14.5. The second kappa shape index (κ2) is 18.5. The Morgan fingerprint density at radius 3 is 1.93 bits per heavy atom. The lowest BCUT2D eigenvalue weighted by Gasteiger charge is -2.19. The van der Waals surface area contributed by atoms with Crippen molar-refractivity contribution in [1.29, 1.82) is 0 Å². The Bertz CT molecular complexity index is 1310. The molecule has 3 rings (SSSR count). The molecule has 0 N–H and O–H groups in total. The Morgan fingerprint density at radius 1 is 0.636 bits per heavy atom. The molecule has 0 aliphatic carbocycles. The predicted molar refractivity (Wildman–Crippen MR) is 172 cm³/mol. The highest BCUT2D eigenvalue weighted by Crippen LogP contribution is 2.32. The summed E-state index contributed by atoms with van der Waals surface area (Å²) in [7, 11) is 0. The lowest BCUT2D eigenvalue weighted by Crippen LogP contribution is -2.19. The normalized spacial score (nSPS) is 12.2. The standard InChI is InChI=1S/C37H46O7/c1-5-9-10-11-16-31(15-7-3)41-32-25-23-28(24-26-32)33-17-12-13-18-34(33)42-35(38)29-19-21-30(22-20-29)37(40)44-43-36(39)27(8-4)14-6-2/h12-13,17-27,31H,5-11,14-16H2,1-4H3/t27-,31?/m1/s1. The third-order valence-corrected chi connectivity index (χ3v) is 7.57. The number of rotatable bonds is 17. The predicted octanol–water partition coefficient (Wildman–Crippen LogP) is 9.53. The zero-order valence-electron chi connectivity index (χ0n) is 26.5. The van der Waals surface area contributed by atoms with Gasteiger partial charge in [0.25, 0.3) is 0 Å². The number of hydrogen-bond acceptors (Lipinski definition) is 7. The van der Waals surface area contributed by atoms with Crippen molar-refractivity contribution in [1.82, 2.24) is 0 Å². The van der Waals surface area contributed by atoms with Crippen molar-refractivity contribution in [3.05, 3.63) is 83.9 Å². The van der Waals surface area contributed by atoms with Gasteiger partial charge < -0.3 is 9.47 Å². The van der Waals surface area contributed by atoms with Crippen LogP contribution in [0.4, 0.5) is 0 Å². The van der Waals surface area contributed by atoms with E-state index in [1.54, 1.807) is 6.07 Å². The first kappa shape index (κ1) is 34.4. The number of carbonyl (C=O) groups excluding carboxylic acids is 3. The molecule has 0 saturated carbocycles. The number of para-hydroxylation sites is 1. The molecule has 0 bridgehead atoms. The molecule has 3 aromatic rings. The second-order valence-corrected chi connectivity index (χ2v) is 11.0. The van der Waals surface area contributed by atoms with E-state index in [9.17, 15) is 14.4 Å². The van der Waals surface area contributed by atoms with Gasteiger partial charge in [-0.3, -0.25) is 0 Å². The third-order valence-electron chi connectivity index (χ3n) is 7.57. The van der Waals surface area contributed by atoms with Crippen LogP contribution in [0, 0.1) is 5.92 Å². The molecular formula is C37H46O7. The summed E-state index contributed by atoms with van der Waals surface area (Å²) < 4.78 is 12.1. The summed E-state index contributed by atoms with van der Waals surface area (Å²) in [5, 5.41) is 0. The maximum Gasteiger partial charge on any atom is 0.386 e. The van der Waals surface area contributed by atoms with Crippen molar-refractivity contribution in [2.45, 2.75) is 98.0 Å². The van der Waals surface area contributed by atoms with Gasteiger partial charge >= 0.3 is 17.9 Å². The number of ether oxygens (including phenoxy) is 2. The van der Waals surface area contributed by atoms with Crippen LogP contribution in [-0.2, 0) is 14.6 Å². The number of esters is 1. The molecule has 2 atom stereocenters. The van der Waals surface area contributed by atoms with Crippen LogP contribution in [0.3, 0.4) is 0 Å². The SMILES string of the molecule is CCCCCCC(CCC)Oc1ccc(-c2ccccc2OC(=O)c2ccc(C(=O)OOC(=O)[C@H](CC)CCC)cc2)cc1. The van der Waals surface area contributed by atoms with Gasteiger partial charge in [-0.05, 0) is 80.1 Å². The number of carbonyl (C=O) groups is 3. The lowest BCUT2D eigenvalue weighted by molar-refractivity contribution is -0.238. The van der Waals surface area contributed by atoms with E-state index in [4.69, 9.17) is 19.2 Å². The summed E-state index contributed by atoms with van der Waals surface area (Å²) in [5.41, 5.74) is 2.06. The molecule has 0 heterocycles. The van der Waals surface area contributed by atoms with Gasteiger partial charge in [-0.15, -0.1) is 0 Å². The van der Waals surface area contributed by atoms with E-state index >= 15 is 0 Å². The topological polar surface area (TPSA) is 88.1 Å². The molecule has 44 heavy (non-hydrogen) atoms. The van der Waals surface area contributed by atoms with Crippen molar-refractivity contribution in [3.8, 4) is 22.6 Å². The summed E-state index contributed by atoms with van der Waals surface area (Å²) in [5.74, 6) is -1.03. The minimum absolute atomic E-state index is 0.141. The molecular weight excluding hydrogens is 556 g/mol. The number of benzene rings is 3. The smallest absolute Gasteiger partial charge is 0.386 e. The van der Waals surface area contributed by atoms with E-state index in [2.05, 4.69) is 13.8 Å². The fraction of sp³-hybridized carbons (Fsp3) is 0.432. The van der Waals surface area contributed by atoms with E-state index in [-0.39, 0.29) is 23.1 Å². The van der Waals surface area contributed by atoms with E-state index < -0.39 is 17.9 Å². The van der Waals surface area contributed by atoms with Crippen molar-refractivity contribution < 1.29 is 33.6 Å². The van der Waals surface area contributed by atoms with Gasteiger partial charge in [0, 0.05) is 5.56 Å². The van der Waals surface area contributed by atoms with E-state index in [0.717, 1.165) is 42.6 Å². The van der Waals surface area contributed by atoms with Crippen molar-refractivity contribution >= 4 is 17.9 Å². The monoisotopic (exact) mass is 602 g/mol. The first-order valence-corrected chi connectivity index (χ1v) is 16.0. The van der Waals surface area contributed by atoms with E-state index in [1.807, 2.05) is 56.3 Å². The van der Waals surface area contributed by atoms with Crippen LogP contribution in [0.1, 0.15) is 113 Å². The first-order valence-electron chi connectivity index (χ1n) is 16.0. The highest BCUT2D eigenvalue weighted by atomic mass is 17.2. The Balaban J connectivity index is 1.61. The number of hydrogen-bond donors (Lipinski definition) is 0. The first-order chi connectivity index (χ1) is 21.4. The molecule has 0 aromatic heterocycles. The molecule has 0 radical (unpaired) electrons. The van der Waals surface area contributed by atoms with Crippen molar-refractivity contribution in [2.24, 2.45) is 5.92 Å². The summed E-state index contributed by atoms with van der Waals surface area (Å²) >= 11 is 0. The quantitative estimate of drug-likeness (QED) is 0.0500. The van der Waals surface area contributed by atoms with Crippen LogP contribution in [0.15, 0.2) is 72.8 Å². The van der Waals surface area contributed by atoms with Gasteiger partial charge in [-0.2, -0.15) is 0 Å². The van der Waals surface area contributed by atoms with Gasteiger partial charge in [0.2, 0.25) is 0 Å². The Hall–Kier alpha value is -4.13. The highest BCUT2D eigenvalue weighted by molar-refractivity contribution is 5.95. The number of unbranched alkanes of at least 4 members (excludes halogenated alkanes) is 3. The zero-order chi connectivity index (χ0) is 31.7. The molecule has 0 aliphatic rings. The lowest BCUT2D eigenvalue weighted by atomic mass is 10.0. The summed E-state index contributed by atoms with van der Waals surface area (Å²) in [6.07, 6.45) is 10.3. The van der Waals surface area contributed by atoms with Gasteiger partial charge in [0.05, 0.1) is 23.1 Å². The van der Waals surface area contributed by atoms with Crippen LogP contribution in [0.25, 0.3) is 11.1 Å². The average Bonchev–Trinajstić information content (AvgIpc) is 3.05. The summed E-state index contributed by atoms with van der Waals surface area (Å²) in [4.78, 5) is 47.0. The third kappa shape index (κ3) is 10.5. The second-order valence-electron chi connectivity index (χ2n) is 11.0.